The number of carbonyl (C=O) groups is 1. The molecule has 0 aliphatic carbocycles. The fourth-order valence-corrected chi connectivity index (χ4v) is 3.56. The van der Waals surface area contributed by atoms with Crippen LogP contribution in [0, 0.1) is 0 Å². The highest BCUT2D eigenvalue weighted by Gasteiger charge is 2.28. The van der Waals surface area contributed by atoms with E-state index in [1.54, 1.807) is 0 Å². The maximum absolute atomic E-state index is 12.9. The van der Waals surface area contributed by atoms with Gasteiger partial charge in [-0.25, -0.2) is 0 Å². The van der Waals surface area contributed by atoms with Crippen molar-refractivity contribution in [2.45, 2.75) is 45.7 Å². The van der Waals surface area contributed by atoms with E-state index < -0.39 is 0 Å². The third-order valence-corrected chi connectivity index (χ3v) is 4.89. The number of benzene rings is 1. The highest BCUT2D eigenvalue weighted by atomic mass is 79.9. The molecule has 21 heavy (non-hydrogen) atoms. The molecule has 3 nitrogen and oxygen atoms in total. The van der Waals surface area contributed by atoms with Crippen LogP contribution >= 0.6 is 15.9 Å². The first-order valence-electron chi connectivity index (χ1n) is 7.60. The summed E-state index contributed by atoms with van der Waals surface area (Å²) in [6, 6.07) is 6.84. The van der Waals surface area contributed by atoms with Crippen LogP contribution in [0.3, 0.4) is 0 Å². The summed E-state index contributed by atoms with van der Waals surface area (Å²) >= 11 is 3.53. The Morgan fingerprint density at radius 2 is 2.14 bits per heavy atom. The smallest absolute Gasteiger partial charge is 0.256 e. The van der Waals surface area contributed by atoms with Crippen molar-refractivity contribution < 1.29 is 4.79 Å². The topological polar surface area (TPSA) is 25.2 Å². The van der Waals surface area contributed by atoms with Crippen molar-refractivity contribution in [3.8, 4) is 0 Å². The molecule has 1 amide bonds. The van der Waals surface area contributed by atoms with Crippen LogP contribution in [0.4, 0.5) is 0 Å². The van der Waals surface area contributed by atoms with E-state index in [1.807, 2.05) is 23.2 Å². The van der Waals surface area contributed by atoms with Gasteiger partial charge in [0.2, 0.25) is 0 Å². The van der Waals surface area contributed by atoms with Gasteiger partial charge in [-0.15, -0.1) is 0 Å². The molecular weight excluding hydrogens is 328 g/mol. The number of fused-ring (bicyclic) bond motifs is 1. The average molecular weight is 349 g/mol. The summed E-state index contributed by atoms with van der Waals surface area (Å²) in [5.41, 5.74) is 1.95. The number of rotatable bonds is 2. The zero-order chi connectivity index (χ0) is 15.1. The van der Waals surface area contributed by atoms with Gasteiger partial charge in [-0.1, -0.05) is 22.0 Å². The predicted molar refractivity (Wildman–Crippen MR) is 89.8 cm³/mol. The van der Waals surface area contributed by atoms with Gasteiger partial charge < -0.3 is 9.47 Å². The average Bonchev–Trinajstić information content (AvgIpc) is 3.01. The van der Waals surface area contributed by atoms with Gasteiger partial charge in [-0.05, 0) is 45.7 Å². The molecule has 0 radical (unpaired) electrons. The Morgan fingerprint density at radius 1 is 1.38 bits per heavy atom. The van der Waals surface area contributed by atoms with Crippen molar-refractivity contribution in [2.75, 3.05) is 6.54 Å². The fraction of sp³-hybridized carbons (Fsp3) is 0.471. The molecule has 3 rings (SSSR count). The molecule has 0 spiro atoms. The second-order valence-corrected chi connectivity index (χ2v) is 7.11. The zero-order valence-corrected chi connectivity index (χ0v) is 14.4. The van der Waals surface area contributed by atoms with Crippen LogP contribution < -0.4 is 0 Å². The predicted octanol–water partition coefficient (Wildman–Crippen LogP) is 4.61. The molecule has 0 unspecified atom stereocenters. The first kappa shape index (κ1) is 14.6. The lowest BCUT2D eigenvalue weighted by molar-refractivity contribution is 0.0749. The number of carbonyl (C=O) groups excluding carboxylic acids is 1. The summed E-state index contributed by atoms with van der Waals surface area (Å²) in [5, 5.41) is 1.05. The number of aromatic nitrogens is 1. The Bertz CT molecular complexity index is 689. The van der Waals surface area contributed by atoms with Crippen LogP contribution in [0.25, 0.3) is 10.9 Å². The van der Waals surface area contributed by atoms with Crippen molar-refractivity contribution in [3.05, 3.63) is 34.4 Å². The molecule has 0 bridgehead atoms. The van der Waals surface area contributed by atoms with Crippen molar-refractivity contribution in [3.63, 3.8) is 0 Å². The maximum Gasteiger partial charge on any atom is 0.256 e. The molecule has 2 aromatic rings. The molecule has 1 aromatic heterocycles. The lowest BCUT2D eigenvalue weighted by Crippen LogP contribution is -2.33. The Morgan fingerprint density at radius 3 is 2.76 bits per heavy atom. The molecule has 1 aliphatic rings. The van der Waals surface area contributed by atoms with Crippen molar-refractivity contribution >= 4 is 32.7 Å². The lowest BCUT2D eigenvalue weighted by atomic mass is 10.1. The van der Waals surface area contributed by atoms with Crippen molar-refractivity contribution in [1.82, 2.24) is 9.47 Å². The molecular formula is C17H21BrN2O. The van der Waals surface area contributed by atoms with E-state index in [0.717, 1.165) is 40.3 Å². The largest absolute Gasteiger partial charge is 0.344 e. The Hall–Kier alpha value is -1.29. The van der Waals surface area contributed by atoms with Gasteiger partial charge in [0, 0.05) is 34.7 Å². The van der Waals surface area contributed by atoms with Crippen LogP contribution in [0.15, 0.2) is 28.9 Å². The summed E-state index contributed by atoms with van der Waals surface area (Å²) in [5.74, 6) is 0.173. The van der Waals surface area contributed by atoms with Crippen LogP contribution in [0.5, 0.6) is 0 Å². The van der Waals surface area contributed by atoms with Crippen LogP contribution in [-0.4, -0.2) is 28.0 Å². The van der Waals surface area contributed by atoms with Crippen molar-refractivity contribution in [1.29, 1.82) is 0 Å². The summed E-state index contributed by atoms with van der Waals surface area (Å²) < 4.78 is 3.23. The Kier molecular flexibility index (Phi) is 3.82. The quantitative estimate of drug-likeness (QED) is 0.777. The van der Waals surface area contributed by atoms with Gasteiger partial charge in [0.1, 0.15) is 0 Å². The number of likely N-dealkylation sites (tertiary alicyclic amines) is 1. The molecule has 0 saturated carbocycles. The molecule has 1 aromatic carbocycles. The van der Waals surface area contributed by atoms with Crippen LogP contribution in [0.1, 0.15) is 50.0 Å². The molecule has 1 aliphatic heterocycles. The van der Waals surface area contributed by atoms with E-state index in [2.05, 4.69) is 47.3 Å². The van der Waals surface area contributed by atoms with Gasteiger partial charge in [0.05, 0.1) is 11.1 Å². The highest BCUT2D eigenvalue weighted by Crippen LogP contribution is 2.30. The lowest BCUT2D eigenvalue weighted by Gasteiger charge is -2.21. The van der Waals surface area contributed by atoms with Crippen LogP contribution in [0.2, 0.25) is 0 Å². The molecule has 4 heteroatoms. The second-order valence-electron chi connectivity index (χ2n) is 6.20. The molecule has 1 atom stereocenters. The standard InChI is InChI=1S/C17H21BrN2O/c1-11(2)20-10-15(14-7-6-13(18)9-16(14)20)17(21)19-8-4-5-12(19)3/h6-7,9-12H,4-5,8H2,1-3H3/t12-/m0/s1. The van der Waals surface area contributed by atoms with Gasteiger partial charge in [-0.3, -0.25) is 4.79 Å². The number of nitrogens with zero attached hydrogens (tertiary/aromatic N) is 2. The summed E-state index contributed by atoms with van der Waals surface area (Å²) in [4.78, 5) is 14.9. The summed E-state index contributed by atoms with van der Waals surface area (Å²) in [6.07, 6.45) is 4.25. The number of hydrogen-bond donors (Lipinski definition) is 0. The minimum atomic E-state index is 0.173. The fourth-order valence-electron chi connectivity index (χ4n) is 3.21. The maximum atomic E-state index is 12.9. The third-order valence-electron chi connectivity index (χ3n) is 4.40. The molecule has 1 fully saturated rings. The van der Waals surface area contributed by atoms with Gasteiger partial charge in [-0.2, -0.15) is 0 Å². The summed E-state index contributed by atoms with van der Waals surface area (Å²) in [6.45, 7) is 7.31. The Labute approximate surface area is 134 Å². The molecule has 2 heterocycles. The Balaban J connectivity index is 2.12. The molecule has 1 saturated heterocycles. The van der Waals surface area contributed by atoms with Gasteiger partial charge >= 0.3 is 0 Å². The molecule has 112 valence electrons. The number of amides is 1. The van der Waals surface area contributed by atoms with Gasteiger partial charge in [0.15, 0.2) is 0 Å². The summed E-state index contributed by atoms with van der Waals surface area (Å²) in [7, 11) is 0. The van der Waals surface area contributed by atoms with Crippen molar-refractivity contribution in [2.24, 2.45) is 0 Å². The van der Waals surface area contributed by atoms with Gasteiger partial charge in [0.25, 0.3) is 5.91 Å². The molecule has 0 N–H and O–H groups in total. The van der Waals surface area contributed by atoms with E-state index in [1.165, 1.54) is 0 Å². The number of hydrogen-bond acceptors (Lipinski definition) is 1. The van der Waals surface area contributed by atoms with Crippen LogP contribution in [-0.2, 0) is 0 Å². The van der Waals surface area contributed by atoms with E-state index in [4.69, 9.17) is 0 Å². The van der Waals surface area contributed by atoms with E-state index in [-0.39, 0.29) is 5.91 Å². The first-order valence-corrected chi connectivity index (χ1v) is 8.39. The monoisotopic (exact) mass is 348 g/mol. The minimum Gasteiger partial charge on any atom is -0.344 e. The normalized spacial score (nSPS) is 18.9. The highest BCUT2D eigenvalue weighted by molar-refractivity contribution is 9.10. The minimum absolute atomic E-state index is 0.173. The third kappa shape index (κ3) is 2.50. The van der Waals surface area contributed by atoms with E-state index in [9.17, 15) is 4.79 Å². The first-order chi connectivity index (χ1) is 9.99. The van der Waals surface area contributed by atoms with E-state index >= 15 is 0 Å². The zero-order valence-electron chi connectivity index (χ0n) is 12.8. The van der Waals surface area contributed by atoms with E-state index in [0.29, 0.717) is 12.1 Å². The second kappa shape index (κ2) is 5.48. The SMILES string of the molecule is CC(C)n1cc(C(=O)N2CCC[C@@H]2C)c2ccc(Br)cc21. The number of halogens is 1.